The number of nitrogen functional groups attached to an aromatic ring is 1. The van der Waals surface area contributed by atoms with Gasteiger partial charge in [0.15, 0.2) is 5.82 Å². The van der Waals surface area contributed by atoms with Crippen LogP contribution in [0, 0.1) is 13.8 Å². The van der Waals surface area contributed by atoms with Crippen molar-refractivity contribution in [3.8, 4) is 11.4 Å². The summed E-state index contributed by atoms with van der Waals surface area (Å²) in [5.41, 5.74) is 7.09. The SMILES string of the molecule is CCCc1cc(NN)nc(-c2c(C)cccc2C)n1. The number of anilines is 1. The third-order valence-electron chi connectivity index (χ3n) is 3.14. The average Bonchev–Trinajstić information content (AvgIpc) is 2.38. The lowest BCUT2D eigenvalue weighted by atomic mass is 10.0. The first kappa shape index (κ1) is 13.5. The Morgan fingerprint density at radius 3 is 2.42 bits per heavy atom. The Kier molecular flexibility index (Phi) is 4.12. The number of nitrogens with one attached hydrogen (secondary N) is 1. The lowest BCUT2D eigenvalue weighted by Crippen LogP contribution is -2.11. The number of aryl methyl sites for hydroxylation is 3. The number of rotatable bonds is 4. The molecule has 4 nitrogen and oxygen atoms in total. The van der Waals surface area contributed by atoms with Crippen LogP contribution in [0.15, 0.2) is 24.3 Å². The molecule has 0 unspecified atom stereocenters. The van der Waals surface area contributed by atoms with E-state index in [4.69, 9.17) is 5.84 Å². The van der Waals surface area contributed by atoms with Gasteiger partial charge in [-0.3, -0.25) is 0 Å². The van der Waals surface area contributed by atoms with Crippen LogP contribution in [0.2, 0.25) is 0 Å². The normalized spacial score (nSPS) is 10.5. The predicted octanol–water partition coefficient (Wildman–Crippen LogP) is 3.00. The lowest BCUT2D eigenvalue weighted by molar-refractivity contribution is 0.874. The van der Waals surface area contributed by atoms with E-state index in [0.717, 1.165) is 29.9 Å². The van der Waals surface area contributed by atoms with Gasteiger partial charge in [-0.2, -0.15) is 0 Å². The molecule has 0 radical (unpaired) electrons. The van der Waals surface area contributed by atoms with E-state index < -0.39 is 0 Å². The van der Waals surface area contributed by atoms with Crippen molar-refractivity contribution in [2.75, 3.05) is 5.43 Å². The van der Waals surface area contributed by atoms with Crippen LogP contribution in [0.25, 0.3) is 11.4 Å². The summed E-state index contributed by atoms with van der Waals surface area (Å²) in [6.45, 7) is 6.29. The molecule has 0 aliphatic heterocycles. The first-order chi connectivity index (χ1) is 9.15. The number of aromatic nitrogens is 2. The van der Waals surface area contributed by atoms with Crippen molar-refractivity contribution in [1.82, 2.24) is 9.97 Å². The molecule has 0 aliphatic rings. The summed E-state index contributed by atoms with van der Waals surface area (Å²) in [6, 6.07) is 8.11. The number of nitrogens with zero attached hydrogens (tertiary/aromatic N) is 2. The minimum atomic E-state index is 0.663. The van der Waals surface area contributed by atoms with Crippen molar-refractivity contribution in [2.24, 2.45) is 5.84 Å². The minimum Gasteiger partial charge on any atom is -0.308 e. The molecule has 0 saturated heterocycles. The third-order valence-corrected chi connectivity index (χ3v) is 3.14. The van der Waals surface area contributed by atoms with Crippen molar-refractivity contribution in [1.29, 1.82) is 0 Å². The van der Waals surface area contributed by atoms with Gasteiger partial charge < -0.3 is 5.43 Å². The molecule has 1 heterocycles. The smallest absolute Gasteiger partial charge is 0.162 e. The van der Waals surface area contributed by atoms with Crippen LogP contribution in [-0.4, -0.2) is 9.97 Å². The van der Waals surface area contributed by atoms with E-state index in [2.05, 4.69) is 48.3 Å². The molecule has 100 valence electrons. The summed E-state index contributed by atoms with van der Waals surface area (Å²) >= 11 is 0. The molecule has 1 aromatic carbocycles. The zero-order chi connectivity index (χ0) is 13.8. The van der Waals surface area contributed by atoms with Gasteiger partial charge in [-0.15, -0.1) is 0 Å². The maximum Gasteiger partial charge on any atom is 0.162 e. The molecular formula is C15H20N4. The third kappa shape index (κ3) is 2.90. The summed E-state index contributed by atoms with van der Waals surface area (Å²) < 4.78 is 0. The Bertz CT molecular complexity index is 558. The van der Waals surface area contributed by atoms with Crippen LogP contribution >= 0.6 is 0 Å². The summed E-state index contributed by atoms with van der Waals surface area (Å²) in [5, 5.41) is 0. The standard InChI is InChI=1S/C15H20N4/c1-4-6-12-9-13(19-16)18-15(17-12)14-10(2)7-5-8-11(14)3/h5,7-9H,4,6,16H2,1-3H3,(H,17,18,19). The topological polar surface area (TPSA) is 63.8 Å². The van der Waals surface area contributed by atoms with Crippen LogP contribution in [0.1, 0.15) is 30.2 Å². The minimum absolute atomic E-state index is 0.663. The predicted molar refractivity (Wildman–Crippen MR) is 78.7 cm³/mol. The number of hydrogen-bond donors (Lipinski definition) is 2. The van der Waals surface area contributed by atoms with Gasteiger partial charge in [-0.05, 0) is 31.4 Å². The second-order valence-electron chi connectivity index (χ2n) is 4.73. The summed E-state index contributed by atoms with van der Waals surface area (Å²) in [6.07, 6.45) is 1.97. The Balaban J connectivity index is 2.57. The molecule has 0 atom stereocenters. The summed E-state index contributed by atoms with van der Waals surface area (Å²) in [7, 11) is 0. The van der Waals surface area contributed by atoms with Gasteiger partial charge in [0.25, 0.3) is 0 Å². The van der Waals surface area contributed by atoms with E-state index >= 15 is 0 Å². The monoisotopic (exact) mass is 256 g/mol. The Morgan fingerprint density at radius 1 is 1.16 bits per heavy atom. The molecule has 0 amide bonds. The maximum absolute atomic E-state index is 5.50. The van der Waals surface area contributed by atoms with Gasteiger partial charge in [0.2, 0.25) is 0 Å². The van der Waals surface area contributed by atoms with E-state index in [1.807, 2.05) is 12.1 Å². The Labute approximate surface area is 114 Å². The molecule has 4 heteroatoms. The van der Waals surface area contributed by atoms with E-state index in [1.54, 1.807) is 0 Å². The van der Waals surface area contributed by atoms with Crippen molar-refractivity contribution >= 4 is 5.82 Å². The molecule has 0 aliphatic carbocycles. The molecule has 0 saturated carbocycles. The Morgan fingerprint density at radius 2 is 1.84 bits per heavy atom. The molecular weight excluding hydrogens is 236 g/mol. The number of benzene rings is 1. The molecule has 19 heavy (non-hydrogen) atoms. The number of hydrogen-bond acceptors (Lipinski definition) is 4. The van der Waals surface area contributed by atoms with E-state index in [9.17, 15) is 0 Å². The van der Waals surface area contributed by atoms with Gasteiger partial charge in [-0.25, -0.2) is 15.8 Å². The van der Waals surface area contributed by atoms with Crippen LogP contribution in [-0.2, 0) is 6.42 Å². The fraction of sp³-hybridized carbons (Fsp3) is 0.333. The molecule has 0 fully saturated rings. The van der Waals surface area contributed by atoms with Gasteiger partial charge in [0.1, 0.15) is 5.82 Å². The van der Waals surface area contributed by atoms with Gasteiger partial charge in [-0.1, -0.05) is 31.5 Å². The fourth-order valence-electron chi connectivity index (χ4n) is 2.23. The first-order valence-corrected chi connectivity index (χ1v) is 6.57. The van der Waals surface area contributed by atoms with Crippen molar-refractivity contribution in [3.63, 3.8) is 0 Å². The Hall–Kier alpha value is -1.94. The van der Waals surface area contributed by atoms with Crippen molar-refractivity contribution in [2.45, 2.75) is 33.6 Å². The van der Waals surface area contributed by atoms with Crippen LogP contribution < -0.4 is 11.3 Å². The molecule has 2 rings (SSSR count). The molecule has 3 N–H and O–H groups in total. The summed E-state index contributed by atoms with van der Waals surface area (Å²) in [4.78, 5) is 9.14. The zero-order valence-corrected chi connectivity index (χ0v) is 11.7. The first-order valence-electron chi connectivity index (χ1n) is 6.57. The maximum atomic E-state index is 5.50. The fourth-order valence-corrected chi connectivity index (χ4v) is 2.23. The number of hydrazine groups is 1. The highest BCUT2D eigenvalue weighted by Crippen LogP contribution is 2.25. The summed E-state index contributed by atoms with van der Waals surface area (Å²) in [5.74, 6) is 6.91. The van der Waals surface area contributed by atoms with Gasteiger partial charge in [0, 0.05) is 17.3 Å². The zero-order valence-electron chi connectivity index (χ0n) is 11.7. The molecule has 2 aromatic rings. The van der Waals surface area contributed by atoms with E-state index in [1.165, 1.54) is 11.1 Å². The van der Waals surface area contributed by atoms with Crippen molar-refractivity contribution in [3.05, 3.63) is 41.1 Å². The second kappa shape index (κ2) is 5.80. The number of nitrogens with two attached hydrogens (primary N) is 1. The van der Waals surface area contributed by atoms with Crippen molar-refractivity contribution < 1.29 is 0 Å². The highest BCUT2D eigenvalue weighted by molar-refractivity contribution is 5.65. The highest BCUT2D eigenvalue weighted by atomic mass is 15.3. The molecule has 1 aromatic heterocycles. The van der Waals surface area contributed by atoms with Crippen LogP contribution in [0.5, 0.6) is 0 Å². The lowest BCUT2D eigenvalue weighted by Gasteiger charge is -2.11. The molecule has 0 spiro atoms. The molecule has 0 bridgehead atoms. The largest absolute Gasteiger partial charge is 0.308 e. The highest BCUT2D eigenvalue weighted by Gasteiger charge is 2.11. The quantitative estimate of drug-likeness (QED) is 0.652. The van der Waals surface area contributed by atoms with E-state index in [0.29, 0.717) is 5.82 Å². The van der Waals surface area contributed by atoms with Gasteiger partial charge in [0.05, 0.1) is 0 Å². The van der Waals surface area contributed by atoms with Crippen LogP contribution in [0.3, 0.4) is 0 Å². The van der Waals surface area contributed by atoms with E-state index in [-0.39, 0.29) is 0 Å². The second-order valence-corrected chi connectivity index (χ2v) is 4.73. The average molecular weight is 256 g/mol. The van der Waals surface area contributed by atoms with Gasteiger partial charge >= 0.3 is 0 Å². The van der Waals surface area contributed by atoms with Crippen LogP contribution in [0.4, 0.5) is 5.82 Å².